The van der Waals surface area contributed by atoms with Gasteiger partial charge in [-0.3, -0.25) is 0 Å². The molecule has 1 heterocycles. The van der Waals surface area contributed by atoms with Gasteiger partial charge in [0.1, 0.15) is 5.75 Å². The van der Waals surface area contributed by atoms with Gasteiger partial charge in [0.05, 0.1) is 11.6 Å². The Hall–Kier alpha value is -1.46. The van der Waals surface area contributed by atoms with E-state index in [-0.39, 0.29) is 0 Å². The normalized spacial score (nSPS) is 10.4. The molecule has 4 nitrogen and oxygen atoms in total. The molecule has 0 fully saturated rings. The number of hydrogen-bond donors (Lipinski definition) is 1. The summed E-state index contributed by atoms with van der Waals surface area (Å²) >= 11 is 3.45. The minimum absolute atomic E-state index is 0.586. The summed E-state index contributed by atoms with van der Waals surface area (Å²) in [7, 11) is 1.64. The highest BCUT2D eigenvalue weighted by atomic mass is 79.9. The summed E-state index contributed by atoms with van der Waals surface area (Å²) in [5.41, 5.74) is 7.43. The zero-order chi connectivity index (χ0) is 13.0. The number of methoxy groups -OCH3 is 1. The summed E-state index contributed by atoms with van der Waals surface area (Å²) in [6.07, 6.45) is 2.51. The van der Waals surface area contributed by atoms with Gasteiger partial charge in [-0.2, -0.15) is 0 Å². The fraction of sp³-hybridized carbons (Fsp3) is 0.231. The van der Waals surface area contributed by atoms with Crippen molar-refractivity contribution in [3.8, 4) is 17.1 Å². The Morgan fingerprint density at radius 1 is 1.33 bits per heavy atom. The largest absolute Gasteiger partial charge is 0.496 e. The third-order valence-corrected chi connectivity index (χ3v) is 3.14. The summed E-state index contributed by atoms with van der Waals surface area (Å²) < 4.78 is 6.08. The molecule has 1 aromatic heterocycles. The molecule has 0 aliphatic heterocycles. The van der Waals surface area contributed by atoms with Crippen LogP contribution in [0, 0.1) is 0 Å². The van der Waals surface area contributed by atoms with E-state index >= 15 is 0 Å². The Morgan fingerprint density at radius 3 is 2.83 bits per heavy atom. The first-order valence-electron chi connectivity index (χ1n) is 5.60. The second-order valence-electron chi connectivity index (χ2n) is 3.76. The van der Waals surface area contributed by atoms with E-state index in [2.05, 4.69) is 25.9 Å². The Morgan fingerprint density at radius 2 is 2.17 bits per heavy atom. The van der Waals surface area contributed by atoms with Crippen LogP contribution in [0.2, 0.25) is 0 Å². The summed E-state index contributed by atoms with van der Waals surface area (Å²) in [5, 5.41) is 0. The van der Waals surface area contributed by atoms with Gasteiger partial charge >= 0.3 is 0 Å². The van der Waals surface area contributed by atoms with Crippen LogP contribution in [0.15, 0.2) is 34.9 Å². The van der Waals surface area contributed by atoms with Gasteiger partial charge in [0.25, 0.3) is 0 Å². The smallest absolute Gasteiger partial charge is 0.159 e. The van der Waals surface area contributed by atoms with Crippen molar-refractivity contribution in [2.24, 2.45) is 5.73 Å². The number of benzene rings is 1. The number of halogens is 1. The first kappa shape index (κ1) is 13.0. The van der Waals surface area contributed by atoms with E-state index in [1.165, 1.54) is 0 Å². The Labute approximate surface area is 114 Å². The molecule has 0 amide bonds. The molecule has 5 heteroatoms. The number of ether oxygens (including phenoxy) is 1. The minimum Gasteiger partial charge on any atom is -0.496 e. The Bertz CT molecular complexity index is 546. The lowest BCUT2D eigenvalue weighted by molar-refractivity contribution is 0.412. The van der Waals surface area contributed by atoms with Crippen molar-refractivity contribution in [1.82, 2.24) is 9.97 Å². The first-order valence-corrected chi connectivity index (χ1v) is 6.40. The highest BCUT2D eigenvalue weighted by Gasteiger charge is 2.06. The lowest BCUT2D eigenvalue weighted by atomic mass is 10.2. The molecule has 2 aromatic rings. The van der Waals surface area contributed by atoms with Crippen LogP contribution in [0.5, 0.6) is 5.75 Å². The van der Waals surface area contributed by atoms with Crippen molar-refractivity contribution in [3.63, 3.8) is 0 Å². The summed E-state index contributed by atoms with van der Waals surface area (Å²) in [6.45, 7) is 0.586. The van der Waals surface area contributed by atoms with Gasteiger partial charge in [-0.25, -0.2) is 9.97 Å². The monoisotopic (exact) mass is 307 g/mol. The minimum atomic E-state index is 0.586. The molecule has 0 bridgehead atoms. The van der Waals surface area contributed by atoms with Gasteiger partial charge in [-0.05, 0) is 46.7 Å². The standard InChI is InChI=1S/C13H14BrN3O/c1-18-12-3-2-9(8-11(12)14)13-16-7-5-10(17-13)4-6-15/h2-3,5,7-8H,4,6,15H2,1H3. The van der Waals surface area contributed by atoms with Crippen molar-refractivity contribution in [3.05, 3.63) is 40.6 Å². The molecular formula is C13H14BrN3O. The molecule has 0 saturated carbocycles. The average molecular weight is 308 g/mol. The van der Waals surface area contributed by atoms with E-state index in [4.69, 9.17) is 10.5 Å². The molecule has 2 rings (SSSR count). The van der Waals surface area contributed by atoms with Crippen molar-refractivity contribution >= 4 is 15.9 Å². The van der Waals surface area contributed by atoms with Crippen molar-refractivity contribution in [1.29, 1.82) is 0 Å². The lowest BCUT2D eigenvalue weighted by Crippen LogP contribution is -2.05. The summed E-state index contributed by atoms with van der Waals surface area (Å²) in [4.78, 5) is 8.75. The molecule has 18 heavy (non-hydrogen) atoms. The molecule has 0 atom stereocenters. The molecule has 0 spiro atoms. The summed E-state index contributed by atoms with van der Waals surface area (Å²) in [6, 6.07) is 7.65. The maximum absolute atomic E-state index is 5.53. The van der Waals surface area contributed by atoms with Crippen LogP contribution >= 0.6 is 15.9 Å². The van der Waals surface area contributed by atoms with Crippen LogP contribution in [-0.2, 0) is 6.42 Å². The fourth-order valence-corrected chi connectivity index (χ4v) is 2.17. The van der Waals surface area contributed by atoms with Gasteiger partial charge < -0.3 is 10.5 Å². The molecule has 2 N–H and O–H groups in total. The van der Waals surface area contributed by atoms with E-state index in [0.29, 0.717) is 12.4 Å². The van der Waals surface area contributed by atoms with E-state index < -0.39 is 0 Å². The van der Waals surface area contributed by atoms with Gasteiger partial charge in [0.15, 0.2) is 5.82 Å². The third kappa shape index (κ3) is 2.86. The van der Waals surface area contributed by atoms with Gasteiger partial charge in [-0.1, -0.05) is 0 Å². The highest BCUT2D eigenvalue weighted by molar-refractivity contribution is 9.10. The average Bonchev–Trinajstić information content (AvgIpc) is 2.39. The summed E-state index contributed by atoms with van der Waals surface area (Å²) in [5.74, 6) is 1.49. The molecule has 0 radical (unpaired) electrons. The topological polar surface area (TPSA) is 61.0 Å². The molecule has 0 saturated heterocycles. The zero-order valence-electron chi connectivity index (χ0n) is 10.1. The lowest BCUT2D eigenvalue weighted by Gasteiger charge is -2.06. The van der Waals surface area contributed by atoms with Crippen LogP contribution in [-0.4, -0.2) is 23.6 Å². The second-order valence-corrected chi connectivity index (χ2v) is 4.61. The Balaban J connectivity index is 2.36. The molecule has 94 valence electrons. The maximum atomic E-state index is 5.53. The van der Waals surface area contributed by atoms with Crippen LogP contribution in [0.3, 0.4) is 0 Å². The quantitative estimate of drug-likeness (QED) is 0.942. The van der Waals surface area contributed by atoms with Crippen LogP contribution in [0.4, 0.5) is 0 Å². The van der Waals surface area contributed by atoms with Gasteiger partial charge in [-0.15, -0.1) is 0 Å². The van der Waals surface area contributed by atoms with E-state index in [9.17, 15) is 0 Å². The number of nitrogens with zero attached hydrogens (tertiary/aromatic N) is 2. The number of nitrogens with two attached hydrogens (primary N) is 1. The van der Waals surface area contributed by atoms with Gasteiger partial charge in [0.2, 0.25) is 0 Å². The predicted octanol–water partition coefficient (Wildman–Crippen LogP) is 2.42. The van der Waals surface area contributed by atoms with Crippen LogP contribution in [0.1, 0.15) is 5.69 Å². The SMILES string of the molecule is COc1ccc(-c2nccc(CCN)n2)cc1Br. The number of aromatic nitrogens is 2. The molecule has 0 aliphatic rings. The van der Waals surface area contributed by atoms with E-state index in [1.54, 1.807) is 13.3 Å². The van der Waals surface area contributed by atoms with Crippen molar-refractivity contribution in [2.75, 3.05) is 13.7 Å². The molecular weight excluding hydrogens is 294 g/mol. The van der Waals surface area contributed by atoms with Gasteiger partial charge in [0, 0.05) is 23.9 Å². The number of rotatable bonds is 4. The van der Waals surface area contributed by atoms with Crippen LogP contribution < -0.4 is 10.5 Å². The van der Waals surface area contributed by atoms with E-state index in [0.717, 1.165) is 27.9 Å². The molecule has 0 unspecified atom stereocenters. The highest BCUT2D eigenvalue weighted by Crippen LogP contribution is 2.29. The maximum Gasteiger partial charge on any atom is 0.159 e. The first-order chi connectivity index (χ1) is 8.74. The number of hydrogen-bond acceptors (Lipinski definition) is 4. The predicted molar refractivity (Wildman–Crippen MR) is 74.5 cm³/mol. The molecule has 1 aromatic carbocycles. The van der Waals surface area contributed by atoms with Crippen LogP contribution in [0.25, 0.3) is 11.4 Å². The fourth-order valence-electron chi connectivity index (χ4n) is 1.63. The van der Waals surface area contributed by atoms with E-state index in [1.807, 2.05) is 24.3 Å². The van der Waals surface area contributed by atoms with Crippen molar-refractivity contribution < 1.29 is 4.74 Å². The second kappa shape index (κ2) is 5.93. The Kier molecular flexibility index (Phi) is 4.28. The third-order valence-electron chi connectivity index (χ3n) is 2.52. The zero-order valence-corrected chi connectivity index (χ0v) is 11.6. The van der Waals surface area contributed by atoms with Crippen molar-refractivity contribution in [2.45, 2.75) is 6.42 Å². The molecule has 0 aliphatic carbocycles.